The maximum Gasteiger partial charge on any atom is 0.191 e. The second-order valence-electron chi connectivity index (χ2n) is 5.02. The van der Waals surface area contributed by atoms with E-state index in [1.54, 1.807) is 38.5 Å². The largest absolute Gasteiger partial charge is 0.493 e. The van der Waals surface area contributed by atoms with E-state index in [0.717, 1.165) is 17.0 Å². The van der Waals surface area contributed by atoms with Gasteiger partial charge in [-0.15, -0.1) is 0 Å². The lowest BCUT2D eigenvalue weighted by Gasteiger charge is -2.12. The summed E-state index contributed by atoms with van der Waals surface area (Å²) in [5.74, 6) is 1.24. The van der Waals surface area contributed by atoms with E-state index in [-0.39, 0.29) is 0 Å². The van der Waals surface area contributed by atoms with Gasteiger partial charge in [0.05, 0.1) is 31.6 Å². The first kappa shape index (κ1) is 18.2. The number of rotatable bonds is 5. The first-order chi connectivity index (χ1) is 12.1. The molecule has 0 saturated carbocycles. The normalized spacial score (nSPS) is 10.6. The van der Waals surface area contributed by atoms with Gasteiger partial charge in [-0.1, -0.05) is 12.1 Å². The standard InChI is InChI=1S/C18H18N4O2S/c1-12(14-6-4-13(11-19)5-7-14)21-22-18(25)20-15-8-9-16(23-2)17(10-15)24-3/h4-10H,1-3H3,(H2,20,22,25). The second kappa shape index (κ2) is 8.66. The summed E-state index contributed by atoms with van der Waals surface area (Å²) in [5.41, 5.74) is 5.81. The molecule has 2 aromatic carbocycles. The van der Waals surface area contributed by atoms with Gasteiger partial charge in [-0.2, -0.15) is 10.4 Å². The van der Waals surface area contributed by atoms with Gasteiger partial charge in [0.1, 0.15) is 0 Å². The van der Waals surface area contributed by atoms with Crippen LogP contribution in [0.1, 0.15) is 18.1 Å². The first-order valence-corrected chi connectivity index (χ1v) is 7.82. The van der Waals surface area contributed by atoms with Gasteiger partial charge in [0.2, 0.25) is 0 Å². The lowest BCUT2D eigenvalue weighted by molar-refractivity contribution is 0.355. The minimum atomic E-state index is 0.347. The molecule has 2 N–H and O–H groups in total. The van der Waals surface area contributed by atoms with Crippen LogP contribution in [0, 0.1) is 11.3 Å². The minimum Gasteiger partial charge on any atom is -0.493 e. The van der Waals surface area contributed by atoms with E-state index < -0.39 is 0 Å². The number of hydrogen-bond donors (Lipinski definition) is 2. The molecule has 0 aliphatic heterocycles. The number of nitriles is 1. The molecule has 0 unspecified atom stereocenters. The fraction of sp³-hybridized carbons (Fsp3) is 0.167. The number of anilines is 1. The van der Waals surface area contributed by atoms with Gasteiger partial charge < -0.3 is 14.8 Å². The zero-order chi connectivity index (χ0) is 18.2. The number of benzene rings is 2. The van der Waals surface area contributed by atoms with Crippen LogP contribution in [0.15, 0.2) is 47.6 Å². The van der Waals surface area contributed by atoms with Crippen LogP contribution in [0.25, 0.3) is 0 Å². The van der Waals surface area contributed by atoms with Crippen molar-refractivity contribution in [3.8, 4) is 17.6 Å². The number of hydrogen-bond acceptors (Lipinski definition) is 5. The van der Waals surface area contributed by atoms with Gasteiger partial charge in [-0.3, -0.25) is 5.43 Å². The number of ether oxygens (including phenoxy) is 2. The summed E-state index contributed by atoms with van der Waals surface area (Å²) in [7, 11) is 3.15. The zero-order valence-corrected chi connectivity index (χ0v) is 15.0. The van der Waals surface area contributed by atoms with E-state index in [1.807, 2.05) is 25.1 Å². The monoisotopic (exact) mass is 354 g/mol. The Balaban J connectivity index is 2.01. The van der Waals surface area contributed by atoms with Crippen LogP contribution in [0.2, 0.25) is 0 Å². The van der Waals surface area contributed by atoms with Crippen molar-refractivity contribution in [3.63, 3.8) is 0 Å². The molecule has 2 aromatic rings. The maximum absolute atomic E-state index is 8.82. The predicted molar refractivity (Wildman–Crippen MR) is 102 cm³/mol. The molecule has 0 heterocycles. The Morgan fingerprint density at radius 2 is 1.76 bits per heavy atom. The van der Waals surface area contributed by atoms with Gasteiger partial charge in [0, 0.05) is 11.8 Å². The van der Waals surface area contributed by atoms with Crippen molar-refractivity contribution in [1.29, 1.82) is 5.26 Å². The maximum atomic E-state index is 8.82. The van der Waals surface area contributed by atoms with E-state index in [9.17, 15) is 0 Å². The average molecular weight is 354 g/mol. The van der Waals surface area contributed by atoms with Crippen LogP contribution in [-0.2, 0) is 0 Å². The van der Waals surface area contributed by atoms with Crippen molar-refractivity contribution in [3.05, 3.63) is 53.6 Å². The number of hydrazone groups is 1. The van der Waals surface area contributed by atoms with Crippen molar-refractivity contribution in [2.24, 2.45) is 5.10 Å². The lowest BCUT2D eigenvalue weighted by Crippen LogP contribution is -2.25. The molecule has 7 heteroatoms. The van der Waals surface area contributed by atoms with Gasteiger partial charge in [0.25, 0.3) is 0 Å². The van der Waals surface area contributed by atoms with Crippen molar-refractivity contribution in [2.45, 2.75) is 6.92 Å². The SMILES string of the molecule is COc1ccc(NC(=S)NN=C(C)c2ccc(C#N)cc2)cc1OC. The third-order valence-electron chi connectivity index (χ3n) is 3.40. The molecule has 128 valence electrons. The Bertz CT molecular complexity index is 826. The van der Waals surface area contributed by atoms with Crippen molar-refractivity contribution in [2.75, 3.05) is 19.5 Å². The van der Waals surface area contributed by atoms with Crippen LogP contribution in [0.5, 0.6) is 11.5 Å². The van der Waals surface area contributed by atoms with Gasteiger partial charge in [0.15, 0.2) is 16.6 Å². The van der Waals surface area contributed by atoms with Crippen LogP contribution in [-0.4, -0.2) is 25.0 Å². The van der Waals surface area contributed by atoms with E-state index in [2.05, 4.69) is 21.9 Å². The molecule has 0 aliphatic rings. The molecular formula is C18H18N4O2S. The number of thiocarbonyl (C=S) groups is 1. The fourth-order valence-corrected chi connectivity index (χ4v) is 2.22. The Morgan fingerprint density at radius 1 is 1.08 bits per heavy atom. The van der Waals surface area contributed by atoms with Crippen molar-refractivity contribution in [1.82, 2.24) is 5.43 Å². The third kappa shape index (κ3) is 4.93. The van der Waals surface area contributed by atoms with Crippen molar-refractivity contribution < 1.29 is 9.47 Å². The van der Waals surface area contributed by atoms with Crippen LogP contribution >= 0.6 is 12.2 Å². The molecule has 0 spiro atoms. The summed E-state index contributed by atoms with van der Waals surface area (Å²) in [5, 5.41) is 16.4. The number of nitrogens with zero attached hydrogens (tertiary/aromatic N) is 2. The van der Waals surface area contributed by atoms with E-state index >= 15 is 0 Å². The van der Waals surface area contributed by atoms with Crippen LogP contribution in [0.4, 0.5) is 5.69 Å². The zero-order valence-electron chi connectivity index (χ0n) is 14.2. The summed E-state index contributed by atoms with van der Waals surface area (Å²) in [4.78, 5) is 0. The highest BCUT2D eigenvalue weighted by atomic mass is 32.1. The average Bonchev–Trinajstić information content (AvgIpc) is 2.66. The topological polar surface area (TPSA) is 78.7 Å². The molecule has 0 fully saturated rings. The third-order valence-corrected chi connectivity index (χ3v) is 3.59. The number of nitrogens with one attached hydrogen (secondary N) is 2. The van der Waals surface area contributed by atoms with E-state index in [4.69, 9.17) is 27.0 Å². The second-order valence-corrected chi connectivity index (χ2v) is 5.43. The van der Waals surface area contributed by atoms with Crippen LogP contribution < -0.4 is 20.2 Å². The quantitative estimate of drug-likeness (QED) is 0.487. The molecule has 0 aromatic heterocycles. The summed E-state index contributed by atoms with van der Waals surface area (Å²) < 4.78 is 10.5. The van der Waals surface area contributed by atoms with Gasteiger partial charge in [-0.25, -0.2) is 0 Å². The lowest BCUT2D eigenvalue weighted by atomic mass is 10.1. The highest BCUT2D eigenvalue weighted by molar-refractivity contribution is 7.80. The molecular weight excluding hydrogens is 336 g/mol. The smallest absolute Gasteiger partial charge is 0.191 e. The first-order valence-electron chi connectivity index (χ1n) is 7.41. The number of methoxy groups -OCH3 is 2. The van der Waals surface area contributed by atoms with Gasteiger partial charge >= 0.3 is 0 Å². The Kier molecular flexibility index (Phi) is 6.32. The molecule has 25 heavy (non-hydrogen) atoms. The molecule has 0 atom stereocenters. The molecule has 0 amide bonds. The molecule has 0 aliphatic carbocycles. The fourth-order valence-electron chi connectivity index (χ4n) is 2.06. The molecule has 0 saturated heterocycles. The Morgan fingerprint density at radius 3 is 2.36 bits per heavy atom. The molecule has 6 nitrogen and oxygen atoms in total. The Hall–Kier alpha value is -3.11. The van der Waals surface area contributed by atoms with E-state index in [0.29, 0.717) is 22.2 Å². The summed E-state index contributed by atoms with van der Waals surface area (Å²) in [6.07, 6.45) is 0. The molecule has 0 bridgehead atoms. The van der Waals surface area contributed by atoms with Gasteiger partial charge in [-0.05, 0) is 49.0 Å². The van der Waals surface area contributed by atoms with Crippen molar-refractivity contribution >= 4 is 28.7 Å². The summed E-state index contributed by atoms with van der Waals surface area (Å²) >= 11 is 5.24. The highest BCUT2D eigenvalue weighted by Gasteiger charge is 2.05. The minimum absolute atomic E-state index is 0.347. The predicted octanol–water partition coefficient (Wildman–Crippen LogP) is 3.29. The highest BCUT2D eigenvalue weighted by Crippen LogP contribution is 2.29. The molecule has 0 radical (unpaired) electrons. The van der Waals surface area contributed by atoms with E-state index in [1.165, 1.54) is 0 Å². The Labute approximate surface area is 152 Å². The summed E-state index contributed by atoms with van der Waals surface area (Å²) in [6.45, 7) is 1.85. The van der Waals surface area contributed by atoms with Crippen LogP contribution in [0.3, 0.4) is 0 Å². The summed E-state index contributed by atoms with van der Waals surface area (Å²) in [6, 6.07) is 14.6. The molecule has 2 rings (SSSR count).